The number of imidazole rings is 1. The monoisotopic (exact) mass is 634 g/mol. The van der Waals surface area contributed by atoms with Crippen molar-refractivity contribution < 1.29 is 13.2 Å². The van der Waals surface area contributed by atoms with Crippen LogP contribution in [-0.2, 0) is 12.7 Å². The first-order valence-electron chi connectivity index (χ1n) is 15.5. The molecule has 240 valence electrons. The Morgan fingerprint density at radius 1 is 0.915 bits per heavy atom. The number of aryl methyl sites for hydroxylation is 2. The second kappa shape index (κ2) is 13.4. The number of aromatic nitrogens is 2. The molecule has 0 unspecified atom stereocenters. The van der Waals surface area contributed by atoms with Crippen LogP contribution in [-0.4, -0.2) is 52.4 Å². The quantitative estimate of drug-likeness (QED) is 0.178. The SMILES string of the molecule is C=C(Nc1ccc(CN2CCN(C)CC2)c(C(F)(F)F)c1)c1ccc(C)c(C#Cc2cnc3c(Nc4ccc(C)cc4)cccn23)c1. The lowest BCUT2D eigenvalue weighted by atomic mass is 10.0. The van der Waals surface area contributed by atoms with E-state index in [1.807, 2.05) is 67.0 Å². The smallest absolute Gasteiger partial charge is 0.356 e. The van der Waals surface area contributed by atoms with Gasteiger partial charge < -0.3 is 15.5 Å². The van der Waals surface area contributed by atoms with Gasteiger partial charge in [-0.1, -0.05) is 48.4 Å². The fraction of sp³-hybridized carbons (Fsp3) is 0.237. The first-order chi connectivity index (χ1) is 22.5. The van der Waals surface area contributed by atoms with Crippen LogP contribution in [0.3, 0.4) is 0 Å². The average Bonchev–Trinajstić information content (AvgIpc) is 3.47. The molecule has 2 N–H and O–H groups in total. The number of piperazine rings is 1. The largest absolute Gasteiger partial charge is 0.416 e. The molecule has 3 heterocycles. The van der Waals surface area contributed by atoms with Gasteiger partial charge in [0, 0.05) is 61.6 Å². The van der Waals surface area contributed by atoms with E-state index in [9.17, 15) is 13.2 Å². The number of alkyl halides is 3. The van der Waals surface area contributed by atoms with Crippen LogP contribution in [0.2, 0.25) is 0 Å². The van der Waals surface area contributed by atoms with Gasteiger partial charge in [0.25, 0.3) is 0 Å². The van der Waals surface area contributed by atoms with Crippen molar-refractivity contribution in [2.45, 2.75) is 26.6 Å². The summed E-state index contributed by atoms with van der Waals surface area (Å²) < 4.78 is 44.3. The molecule has 6 nitrogen and oxygen atoms in total. The zero-order valence-electron chi connectivity index (χ0n) is 26.7. The van der Waals surface area contributed by atoms with Gasteiger partial charge in [0.1, 0.15) is 5.69 Å². The maximum atomic E-state index is 14.1. The van der Waals surface area contributed by atoms with Crippen molar-refractivity contribution in [3.8, 4) is 11.8 Å². The number of anilines is 3. The van der Waals surface area contributed by atoms with Crippen LogP contribution in [0.1, 0.15) is 39.1 Å². The maximum Gasteiger partial charge on any atom is 0.416 e. The predicted octanol–water partition coefficient (Wildman–Crippen LogP) is 7.94. The summed E-state index contributed by atoms with van der Waals surface area (Å²) in [5, 5.41) is 6.52. The summed E-state index contributed by atoms with van der Waals surface area (Å²) in [6, 6.07) is 22.2. The van der Waals surface area contributed by atoms with Gasteiger partial charge in [0.2, 0.25) is 0 Å². The molecule has 3 aromatic carbocycles. The standard InChI is InChI=1S/C38H37F3N6/c1-26-7-13-32(14-8-26)44-36-6-5-17-47-34(24-42-37(36)47)16-12-29-22-30(10-9-27(29)2)28(3)43-33-15-11-31(35(23-33)38(39,40)41)25-46-20-18-45(4)19-21-46/h5-11,13-15,17,22-24,43-44H,3,18-21,25H2,1-2,4H3. The molecule has 0 aliphatic carbocycles. The van der Waals surface area contributed by atoms with Gasteiger partial charge >= 0.3 is 6.18 Å². The molecule has 0 amide bonds. The fourth-order valence-corrected chi connectivity index (χ4v) is 5.62. The van der Waals surface area contributed by atoms with E-state index in [2.05, 4.69) is 62.9 Å². The van der Waals surface area contributed by atoms with Crippen molar-refractivity contribution in [2.24, 2.45) is 0 Å². The Morgan fingerprint density at radius 2 is 1.66 bits per heavy atom. The van der Waals surface area contributed by atoms with Crippen molar-refractivity contribution >= 4 is 28.4 Å². The Morgan fingerprint density at radius 3 is 2.40 bits per heavy atom. The van der Waals surface area contributed by atoms with Crippen LogP contribution in [0, 0.1) is 25.7 Å². The van der Waals surface area contributed by atoms with Gasteiger partial charge in [-0.15, -0.1) is 0 Å². The number of pyridine rings is 1. The summed E-state index contributed by atoms with van der Waals surface area (Å²) in [4.78, 5) is 8.87. The summed E-state index contributed by atoms with van der Waals surface area (Å²) in [5.41, 5.74) is 7.45. The number of halogens is 3. The molecule has 0 radical (unpaired) electrons. The number of likely N-dealkylation sites (N-methyl/N-ethyl adjacent to an activating group) is 1. The zero-order chi connectivity index (χ0) is 33.1. The van der Waals surface area contributed by atoms with Crippen LogP contribution in [0.15, 0.2) is 91.8 Å². The van der Waals surface area contributed by atoms with Crippen molar-refractivity contribution in [3.05, 3.63) is 131 Å². The van der Waals surface area contributed by atoms with Crippen LogP contribution in [0.5, 0.6) is 0 Å². The first kappa shape index (κ1) is 31.9. The zero-order valence-corrected chi connectivity index (χ0v) is 26.7. The molecule has 1 fully saturated rings. The van der Waals surface area contributed by atoms with E-state index >= 15 is 0 Å². The van der Waals surface area contributed by atoms with Gasteiger partial charge in [0.15, 0.2) is 5.65 Å². The maximum absolute atomic E-state index is 14.1. The molecule has 6 rings (SSSR count). The molecule has 1 saturated heterocycles. The van der Waals surface area contributed by atoms with E-state index in [-0.39, 0.29) is 12.1 Å². The van der Waals surface area contributed by atoms with Gasteiger partial charge in [-0.2, -0.15) is 13.2 Å². The molecule has 5 aromatic rings. The van der Waals surface area contributed by atoms with Crippen LogP contribution in [0.4, 0.5) is 30.2 Å². The lowest BCUT2D eigenvalue weighted by molar-refractivity contribution is -0.138. The molecular formula is C38H37F3N6. The van der Waals surface area contributed by atoms with Crippen molar-refractivity contribution in [2.75, 3.05) is 43.9 Å². The second-order valence-electron chi connectivity index (χ2n) is 12.1. The number of fused-ring (bicyclic) bond motifs is 1. The van der Waals surface area contributed by atoms with Crippen molar-refractivity contribution in [1.82, 2.24) is 19.2 Å². The summed E-state index contributed by atoms with van der Waals surface area (Å²) in [6.07, 6.45) is -0.801. The molecule has 0 saturated carbocycles. The third-order valence-electron chi connectivity index (χ3n) is 8.48. The third kappa shape index (κ3) is 7.51. The Kier molecular flexibility index (Phi) is 9.08. The Hall–Kier alpha value is -5.04. The fourth-order valence-electron chi connectivity index (χ4n) is 5.62. The topological polar surface area (TPSA) is 47.8 Å². The minimum Gasteiger partial charge on any atom is -0.356 e. The third-order valence-corrected chi connectivity index (χ3v) is 8.48. The van der Waals surface area contributed by atoms with E-state index in [0.29, 0.717) is 11.4 Å². The highest BCUT2D eigenvalue weighted by Crippen LogP contribution is 2.35. The number of rotatable bonds is 7. The first-order valence-corrected chi connectivity index (χ1v) is 15.5. The molecular weight excluding hydrogens is 597 g/mol. The minimum absolute atomic E-state index is 0.265. The number of hydrogen-bond donors (Lipinski definition) is 2. The molecule has 1 aliphatic heterocycles. The molecule has 9 heteroatoms. The molecule has 47 heavy (non-hydrogen) atoms. The molecule has 2 aromatic heterocycles. The minimum atomic E-state index is -4.47. The van der Waals surface area contributed by atoms with E-state index in [1.54, 1.807) is 18.3 Å². The number of nitrogens with one attached hydrogen (secondary N) is 2. The molecule has 0 atom stereocenters. The normalized spacial score (nSPS) is 14.1. The highest BCUT2D eigenvalue weighted by molar-refractivity contribution is 5.77. The van der Waals surface area contributed by atoms with Crippen molar-refractivity contribution in [1.29, 1.82) is 0 Å². The van der Waals surface area contributed by atoms with Crippen LogP contribution < -0.4 is 10.6 Å². The van der Waals surface area contributed by atoms with Gasteiger partial charge in [0.05, 0.1) is 17.4 Å². The summed E-state index contributed by atoms with van der Waals surface area (Å²) in [7, 11) is 2.03. The summed E-state index contributed by atoms with van der Waals surface area (Å²) in [6.45, 7) is 11.6. The predicted molar refractivity (Wildman–Crippen MR) is 184 cm³/mol. The van der Waals surface area contributed by atoms with E-state index in [1.165, 1.54) is 11.6 Å². The lowest BCUT2D eigenvalue weighted by Gasteiger charge is -2.33. The lowest BCUT2D eigenvalue weighted by Crippen LogP contribution is -2.44. The molecule has 1 aliphatic rings. The van der Waals surface area contributed by atoms with E-state index in [4.69, 9.17) is 0 Å². The summed E-state index contributed by atoms with van der Waals surface area (Å²) >= 11 is 0. The van der Waals surface area contributed by atoms with Gasteiger partial charge in [-0.25, -0.2) is 4.98 Å². The molecule has 0 bridgehead atoms. The number of hydrogen-bond acceptors (Lipinski definition) is 5. The second-order valence-corrected chi connectivity index (χ2v) is 12.1. The Labute approximate surface area is 273 Å². The summed E-state index contributed by atoms with van der Waals surface area (Å²) in [5.74, 6) is 6.51. The highest BCUT2D eigenvalue weighted by Gasteiger charge is 2.34. The van der Waals surface area contributed by atoms with Crippen LogP contribution in [0.25, 0.3) is 11.3 Å². The van der Waals surface area contributed by atoms with Crippen LogP contribution >= 0.6 is 0 Å². The van der Waals surface area contributed by atoms with Crippen molar-refractivity contribution in [3.63, 3.8) is 0 Å². The average molecular weight is 635 g/mol. The Balaban J connectivity index is 1.20. The Bertz CT molecular complexity index is 1970. The van der Waals surface area contributed by atoms with Gasteiger partial charge in [-0.05, 0) is 86.0 Å². The van der Waals surface area contributed by atoms with Gasteiger partial charge in [-0.3, -0.25) is 9.30 Å². The van der Waals surface area contributed by atoms with E-state index < -0.39 is 11.7 Å². The molecule has 0 spiro atoms. The highest BCUT2D eigenvalue weighted by atomic mass is 19.4. The number of benzene rings is 3. The number of nitrogens with zero attached hydrogens (tertiary/aromatic N) is 4. The van der Waals surface area contributed by atoms with E-state index in [0.717, 1.165) is 65.6 Å².